The molecule has 1 aliphatic rings. The Hall–Kier alpha value is -2.56. The molecule has 5 nitrogen and oxygen atoms in total. The van der Waals surface area contributed by atoms with E-state index in [1.807, 2.05) is 24.3 Å². The molecule has 0 aromatic heterocycles. The Labute approximate surface area is 136 Å². The summed E-state index contributed by atoms with van der Waals surface area (Å²) in [4.78, 5) is 24.9. The number of ether oxygens (including phenoxy) is 2. The van der Waals surface area contributed by atoms with Gasteiger partial charge in [0.2, 0.25) is 0 Å². The molecule has 0 saturated carbocycles. The molecule has 1 amide bonds. The second kappa shape index (κ2) is 7.63. The number of carbonyl (C=O) groups is 2. The Kier molecular flexibility index (Phi) is 5.57. The van der Waals surface area contributed by atoms with Crippen LogP contribution in [0, 0.1) is 0 Å². The van der Waals surface area contributed by atoms with Crippen LogP contribution in [-0.2, 0) is 20.7 Å². The maximum atomic E-state index is 12.0. The standard InChI is InChI=1S/C18H21NO4/c1-4-22-16(20)12-11-14-10-9-13-7-5-6-8-15(13)17(14)23-18(21)19(2)3/h5-8,11-12H,4,9-10H2,1-3H3/b12-11+. The normalized spacial score (nSPS) is 13.7. The van der Waals surface area contributed by atoms with Crippen molar-refractivity contribution in [2.45, 2.75) is 19.8 Å². The summed E-state index contributed by atoms with van der Waals surface area (Å²) in [5, 5.41) is 0. The Morgan fingerprint density at radius 3 is 2.65 bits per heavy atom. The molecule has 0 unspecified atom stereocenters. The third-order valence-corrected chi connectivity index (χ3v) is 3.48. The minimum atomic E-state index is -0.446. The summed E-state index contributed by atoms with van der Waals surface area (Å²) < 4.78 is 10.4. The van der Waals surface area contributed by atoms with Gasteiger partial charge in [0, 0.05) is 25.7 Å². The van der Waals surface area contributed by atoms with E-state index in [2.05, 4.69) is 0 Å². The van der Waals surface area contributed by atoms with Gasteiger partial charge in [0.05, 0.1) is 6.61 Å². The highest BCUT2D eigenvalue weighted by Gasteiger charge is 2.22. The van der Waals surface area contributed by atoms with Crippen molar-refractivity contribution in [1.29, 1.82) is 0 Å². The molecule has 1 aromatic carbocycles. The number of nitrogens with zero attached hydrogens (tertiary/aromatic N) is 1. The first-order chi connectivity index (χ1) is 11.0. The van der Waals surface area contributed by atoms with E-state index >= 15 is 0 Å². The van der Waals surface area contributed by atoms with E-state index < -0.39 is 12.1 Å². The molecule has 0 bridgehead atoms. The van der Waals surface area contributed by atoms with Gasteiger partial charge in [0.1, 0.15) is 5.76 Å². The van der Waals surface area contributed by atoms with Crippen molar-refractivity contribution in [2.24, 2.45) is 0 Å². The molecule has 0 N–H and O–H groups in total. The largest absolute Gasteiger partial charge is 0.463 e. The molecule has 0 aliphatic heterocycles. The summed E-state index contributed by atoms with van der Waals surface area (Å²) in [5.41, 5.74) is 2.83. The summed E-state index contributed by atoms with van der Waals surface area (Å²) in [5.74, 6) is 0.100. The van der Waals surface area contributed by atoms with Crippen molar-refractivity contribution >= 4 is 17.8 Å². The number of allylic oxidation sites excluding steroid dienone is 2. The second-order valence-corrected chi connectivity index (χ2v) is 5.36. The summed E-state index contributed by atoms with van der Waals surface area (Å²) in [6, 6.07) is 7.81. The van der Waals surface area contributed by atoms with Crippen LogP contribution in [0.15, 0.2) is 42.0 Å². The van der Waals surface area contributed by atoms with Crippen LogP contribution in [0.1, 0.15) is 24.5 Å². The molecule has 1 aromatic rings. The van der Waals surface area contributed by atoms with E-state index in [1.165, 1.54) is 11.0 Å². The smallest absolute Gasteiger partial charge is 0.414 e. The van der Waals surface area contributed by atoms with E-state index in [-0.39, 0.29) is 0 Å². The Morgan fingerprint density at radius 2 is 1.96 bits per heavy atom. The van der Waals surface area contributed by atoms with Gasteiger partial charge in [-0.15, -0.1) is 0 Å². The lowest BCUT2D eigenvalue weighted by Crippen LogP contribution is -2.23. The zero-order valence-corrected chi connectivity index (χ0v) is 13.7. The van der Waals surface area contributed by atoms with Gasteiger partial charge in [0.25, 0.3) is 0 Å². The van der Waals surface area contributed by atoms with E-state index in [0.29, 0.717) is 18.8 Å². The van der Waals surface area contributed by atoms with Crippen LogP contribution in [-0.4, -0.2) is 37.7 Å². The number of rotatable bonds is 4. The van der Waals surface area contributed by atoms with E-state index in [1.54, 1.807) is 27.1 Å². The summed E-state index contributed by atoms with van der Waals surface area (Å²) in [6.45, 7) is 2.08. The minimum absolute atomic E-state index is 0.327. The van der Waals surface area contributed by atoms with Crippen molar-refractivity contribution in [3.8, 4) is 0 Å². The minimum Gasteiger partial charge on any atom is -0.463 e. The van der Waals surface area contributed by atoms with Crippen molar-refractivity contribution in [3.05, 3.63) is 53.1 Å². The molecule has 0 saturated heterocycles. The van der Waals surface area contributed by atoms with Gasteiger partial charge in [-0.05, 0) is 37.0 Å². The lowest BCUT2D eigenvalue weighted by atomic mass is 9.90. The third kappa shape index (κ3) is 4.22. The Bertz CT molecular complexity index is 659. The highest BCUT2D eigenvalue weighted by Crippen LogP contribution is 2.33. The molecule has 122 valence electrons. The van der Waals surface area contributed by atoms with Crippen LogP contribution in [0.4, 0.5) is 4.79 Å². The number of esters is 1. The van der Waals surface area contributed by atoms with Crippen LogP contribution in [0.3, 0.4) is 0 Å². The summed E-state index contributed by atoms with van der Waals surface area (Å²) >= 11 is 0. The van der Waals surface area contributed by atoms with Crippen LogP contribution < -0.4 is 0 Å². The molecular formula is C18H21NO4. The third-order valence-electron chi connectivity index (χ3n) is 3.48. The first-order valence-corrected chi connectivity index (χ1v) is 7.58. The van der Waals surface area contributed by atoms with Gasteiger partial charge in [-0.1, -0.05) is 24.3 Å². The Balaban J connectivity index is 2.37. The number of amides is 1. The average Bonchev–Trinajstić information content (AvgIpc) is 2.54. The van der Waals surface area contributed by atoms with Crippen molar-refractivity contribution in [3.63, 3.8) is 0 Å². The average molecular weight is 315 g/mol. The van der Waals surface area contributed by atoms with Gasteiger partial charge >= 0.3 is 12.1 Å². The van der Waals surface area contributed by atoms with Gasteiger partial charge in [-0.2, -0.15) is 0 Å². The molecule has 2 rings (SSSR count). The molecule has 0 radical (unpaired) electrons. The highest BCUT2D eigenvalue weighted by atomic mass is 16.6. The number of hydrogen-bond donors (Lipinski definition) is 0. The first-order valence-electron chi connectivity index (χ1n) is 7.58. The fraction of sp³-hybridized carbons (Fsp3) is 0.333. The number of fused-ring (bicyclic) bond motifs is 1. The fourth-order valence-electron chi connectivity index (χ4n) is 2.33. The number of aryl methyl sites for hydroxylation is 1. The van der Waals surface area contributed by atoms with Crippen LogP contribution in [0.5, 0.6) is 0 Å². The quantitative estimate of drug-likeness (QED) is 0.632. The Morgan fingerprint density at radius 1 is 1.22 bits per heavy atom. The predicted molar refractivity (Wildman–Crippen MR) is 87.6 cm³/mol. The zero-order valence-electron chi connectivity index (χ0n) is 13.7. The maximum absolute atomic E-state index is 12.0. The van der Waals surface area contributed by atoms with E-state index in [4.69, 9.17) is 9.47 Å². The maximum Gasteiger partial charge on any atom is 0.414 e. The molecular weight excluding hydrogens is 294 g/mol. The zero-order chi connectivity index (χ0) is 16.8. The van der Waals surface area contributed by atoms with Crippen molar-refractivity contribution in [1.82, 2.24) is 4.90 Å². The number of benzene rings is 1. The summed E-state index contributed by atoms with van der Waals surface area (Å²) in [7, 11) is 3.26. The number of carbonyl (C=O) groups excluding carboxylic acids is 2. The number of hydrogen-bond acceptors (Lipinski definition) is 4. The molecule has 23 heavy (non-hydrogen) atoms. The van der Waals surface area contributed by atoms with Crippen molar-refractivity contribution in [2.75, 3.05) is 20.7 Å². The van der Waals surface area contributed by atoms with Gasteiger partial charge in [-0.25, -0.2) is 9.59 Å². The second-order valence-electron chi connectivity index (χ2n) is 5.36. The van der Waals surface area contributed by atoms with Crippen LogP contribution in [0.25, 0.3) is 5.76 Å². The monoisotopic (exact) mass is 315 g/mol. The van der Waals surface area contributed by atoms with E-state index in [0.717, 1.165) is 23.1 Å². The molecule has 0 heterocycles. The van der Waals surface area contributed by atoms with Gasteiger partial charge in [-0.3, -0.25) is 0 Å². The first kappa shape index (κ1) is 16.8. The van der Waals surface area contributed by atoms with Gasteiger partial charge in [0.15, 0.2) is 0 Å². The molecule has 0 fully saturated rings. The van der Waals surface area contributed by atoms with Crippen LogP contribution in [0.2, 0.25) is 0 Å². The molecule has 5 heteroatoms. The summed E-state index contributed by atoms with van der Waals surface area (Å²) in [6.07, 6.45) is 4.13. The lowest BCUT2D eigenvalue weighted by Gasteiger charge is -2.22. The predicted octanol–water partition coefficient (Wildman–Crippen LogP) is 3.16. The van der Waals surface area contributed by atoms with E-state index in [9.17, 15) is 9.59 Å². The molecule has 0 atom stereocenters. The lowest BCUT2D eigenvalue weighted by molar-refractivity contribution is -0.137. The van der Waals surface area contributed by atoms with Crippen molar-refractivity contribution < 1.29 is 19.1 Å². The molecule has 1 aliphatic carbocycles. The topological polar surface area (TPSA) is 55.8 Å². The SMILES string of the molecule is CCOC(=O)/C=C/C1=C(OC(=O)N(C)C)c2ccccc2CC1. The van der Waals surface area contributed by atoms with Crippen LogP contribution >= 0.6 is 0 Å². The highest BCUT2D eigenvalue weighted by molar-refractivity contribution is 5.85. The molecule has 0 spiro atoms. The fourth-order valence-corrected chi connectivity index (χ4v) is 2.33. The van der Waals surface area contributed by atoms with Gasteiger partial charge < -0.3 is 14.4 Å².